The zero-order chi connectivity index (χ0) is 9.68. The Morgan fingerprint density at radius 1 is 1.38 bits per heavy atom. The Hall–Kier alpha value is -1.26. The van der Waals surface area contributed by atoms with Gasteiger partial charge in [-0.2, -0.15) is 0 Å². The van der Waals surface area contributed by atoms with Gasteiger partial charge in [0.25, 0.3) is 0 Å². The molecule has 0 fully saturated rings. The van der Waals surface area contributed by atoms with Crippen LogP contribution in [0.25, 0.3) is 0 Å². The lowest BCUT2D eigenvalue weighted by Gasteiger charge is -2.19. The second-order valence-electron chi connectivity index (χ2n) is 3.24. The molecule has 0 aliphatic carbocycles. The largest absolute Gasteiger partial charge is 0.289 e. The number of rotatable bonds is 3. The van der Waals surface area contributed by atoms with Gasteiger partial charge in [0.05, 0.1) is 6.04 Å². The molecule has 1 atom stereocenters. The summed E-state index contributed by atoms with van der Waals surface area (Å²) in [7, 11) is 2.04. The molecule has 1 nitrogen and oxygen atoms in total. The lowest BCUT2D eigenvalue weighted by molar-refractivity contribution is 0.296. The maximum atomic E-state index is 5.33. The van der Waals surface area contributed by atoms with Crippen LogP contribution in [0.4, 0.5) is 0 Å². The average molecular weight is 173 g/mol. The summed E-state index contributed by atoms with van der Waals surface area (Å²) < 4.78 is 0. The summed E-state index contributed by atoms with van der Waals surface area (Å²) >= 11 is 0. The third-order valence-electron chi connectivity index (χ3n) is 2.18. The average Bonchev–Trinajstić information content (AvgIpc) is 2.18. The van der Waals surface area contributed by atoms with Crippen molar-refractivity contribution >= 4 is 0 Å². The Morgan fingerprint density at radius 3 is 2.54 bits per heavy atom. The van der Waals surface area contributed by atoms with E-state index in [1.165, 1.54) is 5.56 Å². The van der Waals surface area contributed by atoms with Gasteiger partial charge in [0.15, 0.2) is 0 Å². The summed E-state index contributed by atoms with van der Waals surface area (Å²) in [5.41, 5.74) is 1.30. The SMILES string of the molecule is C#CC(C)N(C)Cc1ccccc1. The first-order valence-corrected chi connectivity index (χ1v) is 4.44. The Morgan fingerprint density at radius 2 is 2.00 bits per heavy atom. The number of benzene rings is 1. The molecule has 0 bridgehead atoms. The molecule has 0 radical (unpaired) electrons. The van der Waals surface area contributed by atoms with Crippen LogP contribution in [-0.4, -0.2) is 18.0 Å². The van der Waals surface area contributed by atoms with Crippen molar-refractivity contribution in [1.82, 2.24) is 4.90 Å². The van der Waals surface area contributed by atoms with E-state index in [1.54, 1.807) is 0 Å². The molecule has 0 spiro atoms. The number of hydrogen-bond donors (Lipinski definition) is 0. The molecule has 0 aromatic heterocycles. The molecular formula is C12H15N. The monoisotopic (exact) mass is 173 g/mol. The molecule has 1 aromatic rings. The predicted molar refractivity (Wildman–Crippen MR) is 56.2 cm³/mol. The van der Waals surface area contributed by atoms with Crippen molar-refractivity contribution in [1.29, 1.82) is 0 Å². The van der Waals surface area contributed by atoms with E-state index in [0.717, 1.165) is 6.54 Å². The van der Waals surface area contributed by atoms with Crippen molar-refractivity contribution in [3.63, 3.8) is 0 Å². The molecule has 0 saturated carbocycles. The summed E-state index contributed by atoms with van der Waals surface area (Å²) in [4.78, 5) is 2.15. The van der Waals surface area contributed by atoms with Crippen molar-refractivity contribution in [3.8, 4) is 12.3 Å². The standard InChI is InChI=1S/C12H15N/c1-4-11(2)13(3)10-12-8-6-5-7-9-12/h1,5-9,11H,10H2,2-3H3. The fraction of sp³-hybridized carbons (Fsp3) is 0.333. The lowest BCUT2D eigenvalue weighted by Crippen LogP contribution is -2.26. The van der Waals surface area contributed by atoms with Crippen molar-refractivity contribution < 1.29 is 0 Å². The minimum Gasteiger partial charge on any atom is -0.289 e. The molecule has 0 aliphatic rings. The van der Waals surface area contributed by atoms with E-state index in [4.69, 9.17) is 6.42 Å². The molecule has 13 heavy (non-hydrogen) atoms. The van der Waals surface area contributed by atoms with Crippen LogP contribution < -0.4 is 0 Å². The van der Waals surface area contributed by atoms with Gasteiger partial charge in [0, 0.05) is 6.54 Å². The summed E-state index contributed by atoms with van der Waals surface area (Å²) in [6, 6.07) is 10.5. The predicted octanol–water partition coefficient (Wildman–Crippen LogP) is 2.14. The highest BCUT2D eigenvalue weighted by Gasteiger charge is 2.04. The number of hydrogen-bond acceptors (Lipinski definition) is 1. The van der Waals surface area contributed by atoms with E-state index in [2.05, 4.69) is 23.0 Å². The third-order valence-corrected chi connectivity index (χ3v) is 2.18. The molecule has 1 aromatic carbocycles. The van der Waals surface area contributed by atoms with Gasteiger partial charge in [0.1, 0.15) is 0 Å². The van der Waals surface area contributed by atoms with Crippen molar-refractivity contribution in [3.05, 3.63) is 35.9 Å². The maximum Gasteiger partial charge on any atom is 0.0683 e. The van der Waals surface area contributed by atoms with E-state index in [0.29, 0.717) is 0 Å². The van der Waals surface area contributed by atoms with Gasteiger partial charge in [-0.25, -0.2) is 0 Å². The Balaban J connectivity index is 2.56. The molecule has 1 rings (SSSR count). The van der Waals surface area contributed by atoms with Gasteiger partial charge >= 0.3 is 0 Å². The molecule has 0 heterocycles. The minimum absolute atomic E-state index is 0.195. The van der Waals surface area contributed by atoms with Crippen LogP contribution >= 0.6 is 0 Å². The zero-order valence-corrected chi connectivity index (χ0v) is 8.20. The van der Waals surface area contributed by atoms with E-state index in [9.17, 15) is 0 Å². The van der Waals surface area contributed by atoms with Gasteiger partial charge in [-0.05, 0) is 19.5 Å². The summed E-state index contributed by atoms with van der Waals surface area (Å²) in [6.07, 6.45) is 5.33. The second kappa shape index (κ2) is 4.69. The second-order valence-corrected chi connectivity index (χ2v) is 3.24. The fourth-order valence-corrected chi connectivity index (χ4v) is 1.14. The molecule has 0 saturated heterocycles. The van der Waals surface area contributed by atoms with Crippen LogP contribution in [0.15, 0.2) is 30.3 Å². The highest BCUT2D eigenvalue weighted by Crippen LogP contribution is 2.04. The molecule has 68 valence electrons. The molecule has 0 N–H and O–H groups in total. The molecule has 1 unspecified atom stereocenters. The van der Waals surface area contributed by atoms with E-state index in [-0.39, 0.29) is 6.04 Å². The summed E-state index contributed by atoms with van der Waals surface area (Å²) in [5, 5.41) is 0. The van der Waals surface area contributed by atoms with Crippen LogP contribution in [0.3, 0.4) is 0 Å². The summed E-state index contributed by atoms with van der Waals surface area (Å²) in [5.74, 6) is 2.71. The first-order valence-electron chi connectivity index (χ1n) is 4.44. The lowest BCUT2D eigenvalue weighted by atomic mass is 10.2. The quantitative estimate of drug-likeness (QED) is 0.633. The van der Waals surface area contributed by atoms with Gasteiger partial charge in [0.2, 0.25) is 0 Å². The van der Waals surface area contributed by atoms with Crippen LogP contribution in [0.2, 0.25) is 0 Å². The molecule has 0 amide bonds. The van der Waals surface area contributed by atoms with Gasteiger partial charge in [-0.3, -0.25) is 4.90 Å². The molecule has 1 heteroatoms. The topological polar surface area (TPSA) is 3.24 Å². The Labute approximate surface area is 80.4 Å². The normalized spacial score (nSPS) is 12.5. The first kappa shape index (κ1) is 9.83. The maximum absolute atomic E-state index is 5.33. The third kappa shape index (κ3) is 2.93. The molecule has 0 aliphatic heterocycles. The highest BCUT2D eigenvalue weighted by molar-refractivity contribution is 5.15. The summed E-state index contributed by atoms with van der Waals surface area (Å²) in [6.45, 7) is 2.94. The van der Waals surface area contributed by atoms with E-state index < -0.39 is 0 Å². The van der Waals surface area contributed by atoms with E-state index in [1.807, 2.05) is 32.2 Å². The minimum atomic E-state index is 0.195. The zero-order valence-electron chi connectivity index (χ0n) is 8.20. The van der Waals surface area contributed by atoms with Crippen molar-refractivity contribution in [2.45, 2.75) is 19.5 Å². The number of terminal acetylenes is 1. The van der Waals surface area contributed by atoms with Crippen LogP contribution in [0.5, 0.6) is 0 Å². The van der Waals surface area contributed by atoms with Gasteiger partial charge in [-0.15, -0.1) is 6.42 Å². The van der Waals surface area contributed by atoms with Crippen LogP contribution in [0.1, 0.15) is 12.5 Å². The first-order chi connectivity index (χ1) is 6.24. The van der Waals surface area contributed by atoms with Crippen molar-refractivity contribution in [2.75, 3.05) is 7.05 Å². The Bertz CT molecular complexity index is 284. The van der Waals surface area contributed by atoms with E-state index >= 15 is 0 Å². The number of nitrogens with zero attached hydrogens (tertiary/aromatic N) is 1. The van der Waals surface area contributed by atoms with Crippen LogP contribution in [-0.2, 0) is 6.54 Å². The smallest absolute Gasteiger partial charge is 0.0683 e. The highest BCUT2D eigenvalue weighted by atomic mass is 15.1. The Kier molecular flexibility index (Phi) is 3.54. The fourth-order valence-electron chi connectivity index (χ4n) is 1.14. The van der Waals surface area contributed by atoms with Gasteiger partial charge in [-0.1, -0.05) is 36.3 Å². The van der Waals surface area contributed by atoms with Crippen molar-refractivity contribution in [2.24, 2.45) is 0 Å². The van der Waals surface area contributed by atoms with Gasteiger partial charge < -0.3 is 0 Å². The van der Waals surface area contributed by atoms with Crippen LogP contribution in [0, 0.1) is 12.3 Å². The molecular weight excluding hydrogens is 158 g/mol.